The van der Waals surface area contributed by atoms with Gasteiger partial charge in [-0.25, -0.2) is 9.45 Å². The second-order valence-electron chi connectivity index (χ2n) is 3.09. The van der Waals surface area contributed by atoms with E-state index in [2.05, 4.69) is 15.9 Å². The molecule has 0 radical (unpaired) electrons. The van der Waals surface area contributed by atoms with Crippen LogP contribution in [0.4, 0.5) is 4.39 Å². The minimum atomic E-state index is -0.575. The number of halogens is 2. The van der Waals surface area contributed by atoms with Crippen LogP contribution in [0.1, 0.15) is 15.9 Å². The van der Waals surface area contributed by atoms with Crippen molar-refractivity contribution in [1.29, 1.82) is 0 Å². The number of carbonyl (C=O) groups excluding carboxylic acids is 1. The highest BCUT2D eigenvalue weighted by molar-refractivity contribution is 9.10. The average molecular weight is 276 g/mol. The highest BCUT2D eigenvalue weighted by Crippen LogP contribution is 2.22. The van der Waals surface area contributed by atoms with E-state index in [1.165, 1.54) is 20.2 Å². The summed E-state index contributed by atoms with van der Waals surface area (Å²) in [6, 6.07) is 3.09. The maximum absolute atomic E-state index is 13.6. The van der Waals surface area contributed by atoms with E-state index in [0.29, 0.717) is 0 Å². The Morgan fingerprint density at radius 2 is 2.13 bits per heavy atom. The largest absolute Gasteiger partial charge is 0.280 e. The fourth-order valence-corrected chi connectivity index (χ4v) is 1.71. The lowest BCUT2D eigenvalue weighted by Gasteiger charge is -2.14. The number of rotatable bonds is 2. The van der Waals surface area contributed by atoms with Crippen LogP contribution in [0.5, 0.6) is 0 Å². The van der Waals surface area contributed by atoms with Gasteiger partial charge in [0.05, 0.1) is 17.1 Å². The number of hydrogen-bond acceptors (Lipinski definition) is 2. The first-order chi connectivity index (χ1) is 6.97. The molecular formula is C10H11BrFNO2. The standard InChI is InChI=1S/C10H11BrFNO2/c1-6-4-7(9(12)8(11)5-6)10(14)13(2)15-3/h4-5H,1-3H3. The fourth-order valence-electron chi connectivity index (χ4n) is 1.13. The highest BCUT2D eigenvalue weighted by Gasteiger charge is 2.18. The Balaban J connectivity index is 3.19. The van der Waals surface area contributed by atoms with Gasteiger partial charge in [0.2, 0.25) is 0 Å². The summed E-state index contributed by atoms with van der Waals surface area (Å²) in [6.45, 7) is 1.79. The summed E-state index contributed by atoms with van der Waals surface area (Å²) in [5.41, 5.74) is 0.794. The molecule has 1 amide bonds. The predicted molar refractivity (Wildman–Crippen MR) is 57.9 cm³/mol. The van der Waals surface area contributed by atoms with Gasteiger partial charge >= 0.3 is 0 Å². The van der Waals surface area contributed by atoms with E-state index in [1.807, 2.05) is 0 Å². The quantitative estimate of drug-likeness (QED) is 0.777. The zero-order valence-corrected chi connectivity index (χ0v) is 10.3. The van der Waals surface area contributed by atoms with Crippen LogP contribution >= 0.6 is 15.9 Å². The van der Waals surface area contributed by atoms with E-state index in [9.17, 15) is 9.18 Å². The lowest BCUT2D eigenvalue weighted by atomic mass is 10.1. The normalized spacial score (nSPS) is 10.2. The van der Waals surface area contributed by atoms with Gasteiger partial charge in [-0.1, -0.05) is 0 Å². The zero-order valence-electron chi connectivity index (χ0n) is 8.67. The molecule has 82 valence electrons. The lowest BCUT2D eigenvalue weighted by molar-refractivity contribution is -0.0759. The van der Waals surface area contributed by atoms with Crippen LogP contribution in [0, 0.1) is 12.7 Å². The van der Waals surface area contributed by atoms with Gasteiger partial charge in [0, 0.05) is 7.05 Å². The maximum Gasteiger partial charge on any atom is 0.280 e. The molecule has 5 heteroatoms. The van der Waals surface area contributed by atoms with Gasteiger partial charge in [-0.2, -0.15) is 0 Å². The number of aryl methyl sites for hydroxylation is 1. The van der Waals surface area contributed by atoms with Gasteiger partial charge in [0.1, 0.15) is 5.82 Å². The van der Waals surface area contributed by atoms with Crippen LogP contribution in [0.2, 0.25) is 0 Å². The molecule has 1 aromatic carbocycles. The summed E-state index contributed by atoms with van der Waals surface area (Å²) in [6.07, 6.45) is 0. The van der Waals surface area contributed by atoms with Crippen molar-refractivity contribution in [2.75, 3.05) is 14.2 Å². The van der Waals surface area contributed by atoms with E-state index in [1.54, 1.807) is 13.0 Å². The number of carbonyl (C=O) groups is 1. The molecule has 0 aliphatic rings. The molecule has 0 aromatic heterocycles. The highest BCUT2D eigenvalue weighted by atomic mass is 79.9. The van der Waals surface area contributed by atoms with E-state index < -0.39 is 11.7 Å². The Bertz CT molecular complexity index is 395. The molecule has 3 nitrogen and oxygen atoms in total. The number of benzene rings is 1. The molecule has 0 aliphatic heterocycles. The molecule has 0 heterocycles. The van der Waals surface area contributed by atoms with Crippen LogP contribution < -0.4 is 0 Å². The van der Waals surface area contributed by atoms with Crippen molar-refractivity contribution in [3.63, 3.8) is 0 Å². The maximum atomic E-state index is 13.6. The molecular weight excluding hydrogens is 265 g/mol. The summed E-state index contributed by atoms with van der Waals surface area (Å²) in [5, 5.41) is 0.976. The van der Waals surface area contributed by atoms with Crippen molar-refractivity contribution < 1.29 is 14.0 Å². The molecule has 0 fully saturated rings. The predicted octanol–water partition coefficient (Wildman–Crippen LogP) is 2.53. The third-order valence-electron chi connectivity index (χ3n) is 1.96. The summed E-state index contributed by atoms with van der Waals surface area (Å²) in [4.78, 5) is 16.3. The van der Waals surface area contributed by atoms with Crippen molar-refractivity contribution in [3.05, 3.63) is 33.5 Å². The lowest BCUT2D eigenvalue weighted by Crippen LogP contribution is -2.26. The van der Waals surface area contributed by atoms with Gasteiger partial charge in [-0.3, -0.25) is 9.63 Å². The van der Waals surface area contributed by atoms with Crippen LogP contribution in [0.15, 0.2) is 16.6 Å². The van der Waals surface area contributed by atoms with Crippen LogP contribution in [-0.2, 0) is 4.84 Å². The smallest absolute Gasteiger partial charge is 0.274 e. The molecule has 0 bridgehead atoms. The van der Waals surface area contributed by atoms with E-state index in [0.717, 1.165) is 10.6 Å². The van der Waals surface area contributed by atoms with Gasteiger partial charge in [0.15, 0.2) is 0 Å². The minimum absolute atomic E-state index is 0.00812. The summed E-state index contributed by atoms with van der Waals surface area (Å²) in [7, 11) is 2.78. The Kier molecular flexibility index (Phi) is 3.82. The molecule has 0 aliphatic carbocycles. The summed E-state index contributed by atoms with van der Waals surface area (Å²) in [5.74, 6) is -1.09. The fraction of sp³-hybridized carbons (Fsp3) is 0.300. The first-order valence-corrected chi connectivity index (χ1v) is 5.04. The molecule has 0 unspecified atom stereocenters. The van der Waals surface area contributed by atoms with Crippen molar-refractivity contribution in [3.8, 4) is 0 Å². The molecule has 15 heavy (non-hydrogen) atoms. The van der Waals surface area contributed by atoms with Crippen LogP contribution in [0.25, 0.3) is 0 Å². The first kappa shape index (κ1) is 12.1. The topological polar surface area (TPSA) is 29.5 Å². The van der Waals surface area contributed by atoms with E-state index in [-0.39, 0.29) is 10.0 Å². The van der Waals surface area contributed by atoms with E-state index in [4.69, 9.17) is 4.84 Å². The molecule has 0 saturated heterocycles. The Labute approximate surface area is 95.9 Å². The molecule has 0 N–H and O–H groups in total. The molecule has 0 spiro atoms. The van der Waals surface area contributed by atoms with Crippen molar-refractivity contribution >= 4 is 21.8 Å². The number of hydrogen-bond donors (Lipinski definition) is 0. The van der Waals surface area contributed by atoms with Crippen molar-refractivity contribution in [2.24, 2.45) is 0 Å². The van der Waals surface area contributed by atoms with E-state index >= 15 is 0 Å². The average Bonchev–Trinajstić information content (AvgIpc) is 2.21. The first-order valence-electron chi connectivity index (χ1n) is 4.25. The van der Waals surface area contributed by atoms with Gasteiger partial charge < -0.3 is 0 Å². The van der Waals surface area contributed by atoms with Gasteiger partial charge in [-0.05, 0) is 40.5 Å². The van der Waals surface area contributed by atoms with Crippen LogP contribution in [-0.4, -0.2) is 25.1 Å². The second-order valence-corrected chi connectivity index (χ2v) is 3.95. The molecule has 0 saturated carbocycles. The number of hydroxylamine groups is 2. The summed E-state index contributed by atoms with van der Waals surface area (Å²) >= 11 is 3.05. The number of amides is 1. The zero-order chi connectivity index (χ0) is 11.6. The van der Waals surface area contributed by atoms with Gasteiger partial charge in [0.25, 0.3) is 5.91 Å². The SMILES string of the molecule is CON(C)C(=O)c1cc(C)cc(Br)c1F. The van der Waals surface area contributed by atoms with Crippen molar-refractivity contribution in [1.82, 2.24) is 5.06 Å². The van der Waals surface area contributed by atoms with Crippen molar-refractivity contribution in [2.45, 2.75) is 6.92 Å². The molecule has 0 atom stereocenters. The Morgan fingerprint density at radius 1 is 1.53 bits per heavy atom. The number of nitrogens with zero attached hydrogens (tertiary/aromatic N) is 1. The Morgan fingerprint density at radius 3 is 2.67 bits per heavy atom. The molecule has 1 rings (SSSR count). The van der Waals surface area contributed by atoms with Gasteiger partial charge in [-0.15, -0.1) is 0 Å². The second kappa shape index (κ2) is 4.72. The summed E-state index contributed by atoms with van der Waals surface area (Å²) < 4.78 is 13.9. The third-order valence-corrected chi connectivity index (χ3v) is 2.54. The molecule has 1 aromatic rings. The third kappa shape index (κ3) is 2.54. The Hall–Kier alpha value is -0.940. The monoisotopic (exact) mass is 275 g/mol. The van der Waals surface area contributed by atoms with Crippen LogP contribution in [0.3, 0.4) is 0 Å². The minimum Gasteiger partial charge on any atom is -0.274 e.